The molecule has 0 atom stereocenters. The van der Waals surface area contributed by atoms with E-state index in [1.807, 2.05) is 13.0 Å². The third kappa shape index (κ3) is 6.57. The maximum Gasteiger partial charge on any atom is 0.251 e. The quantitative estimate of drug-likeness (QED) is 0.515. The smallest absolute Gasteiger partial charge is 0.251 e. The Balaban J connectivity index is 1.78. The van der Waals surface area contributed by atoms with Gasteiger partial charge in [-0.05, 0) is 51.3 Å². The van der Waals surface area contributed by atoms with Crippen LogP contribution in [0.3, 0.4) is 0 Å². The standard InChI is InChI=1S/C26H37ClN4O4/c1-6-31(20-7-9-30(10-8-20)11-12-34-4)23-15-19(27)14-21(18(23)3)25(33)28-16-22-24(32)13-17(2)29-26(22)35-5/h13-15,20H,6-12,16H2,1-5H3,(H,28,33)(H,29,32). The summed E-state index contributed by atoms with van der Waals surface area (Å²) in [5.41, 5.74) is 3.25. The van der Waals surface area contributed by atoms with Crippen molar-refractivity contribution in [3.05, 3.63) is 55.8 Å². The lowest BCUT2D eigenvalue weighted by Crippen LogP contribution is -2.46. The summed E-state index contributed by atoms with van der Waals surface area (Å²) in [4.78, 5) is 33.4. The predicted molar refractivity (Wildman–Crippen MR) is 140 cm³/mol. The van der Waals surface area contributed by atoms with Gasteiger partial charge in [0.2, 0.25) is 0 Å². The molecule has 0 radical (unpaired) electrons. The molecule has 1 amide bonds. The van der Waals surface area contributed by atoms with Crippen LogP contribution in [0.4, 0.5) is 5.69 Å². The number of carbonyl (C=O) groups excluding carboxylic acids is 1. The van der Waals surface area contributed by atoms with Crippen molar-refractivity contribution in [1.29, 1.82) is 0 Å². The third-order valence-electron chi connectivity index (χ3n) is 6.71. The van der Waals surface area contributed by atoms with E-state index in [-0.39, 0.29) is 17.9 Å². The van der Waals surface area contributed by atoms with E-state index in [9.17, 15) is 9.59 Å². The van der Waals surface area contributed by atoms with Gasteiger partial charge in [0.05, 0.1) is 25.8 Å². The lowest BCUT2D eigenvalue weighted by atomic mass is 9.99. The van der Waals surface area contributed by atoms with E-state index in [1.165, 1.54) is 13.2 Å². The number of nitrogens with one attached hydrogen (secondary N) is 2. The number of rotatable bonds is 10. The van der Waals surface area contributed by atoms with Gasteiger partial charge in [0.25, 0.3) is 5.91 Å². The number of nitrogens with zero attached hydrogens (tertiary/aromatic N) is 2. The zero-order valence-corrected chi connectivity index (χ0v) is 22.1. The number of aromatic amines is 1. The number of aryl methyl sites for hydroxylation is 1. The number of carbonyl (C=O) groups is 1. The molecule has 0 aliphatic carbocycles. The highest BCUT2D eigenvalue weighted by Gasteiger charge is 2.26. The normalized spacial score (nSPS) is 14.7. The molecule has 35 heavy (non-hydrogen) atoms. The van der Waals surface area contributed by atoms with Gasteiger partial charge >= 0.3 is 0 Å². The van der Waals surface area contributed by atoms with Crippen LogP contribution in [0.25, 0.3) is 0 Å². The fourth-order valence-electron chi connectivity index (χ4n) is 4.79. The van der Waals surface area contributed by atoms with E-state index in [0.29, 0.717) is 33.8 Å². The van der Waals surface area contributed by atoms with Crippen LogP contribution in [0.15, 0.2) is 23.0 Å². The van der Waals surface area contributed by atoms with Gasteiger partial charge in [0.1, 0.15) is 0 Å². The number of benzene rings is 1. The van der Waals surface area contributed by atoms with E-state index in [4.69, 9.17) is 21.1 Å². The third-order valence-corrected chi connectivity index (χ3v) is 6.93. The number of likely N-dealkylation sites (tertiary alicyclic amines) is 1. The lowest BCUT2D eigenvalue weighted by Gasteiger charge is -2.40. The number of pyridine rings is 1. The Bertz CT molecular complexity index is 1080. The Morgan fingerprint density at radius 1 is 1.23 bits per heavy atom. The van der Waals surface area contributed by atoms with E-state index in [0.717, 1.165) is 56.9 Å². The minimum absolute atomic E-state index is 0.0519. The van der Waals surface area contributed by atoms with E-state index >= 15 is 0 Å². The molecule has 2 heterocycles. The number of piperidine rings is 1. The first-order valence-corrected chi connectivity index (χ1v) is 12.5. The molecule has 3 rings (SSSR count). The van der Waals surface area contributed by atoms with Crippen molar-refractivity contribution in [2.45, 2.75) is 46.2 Å². The van der Waals surface area contributed by atoms with Crippen molar-refractivity contribution in [2.75, 3.05) is 51.9 Å². The topological polar surface area (TPSA) is 86.9 Å². The monoisotopic (exact) mass is 504 g/mol. The highest BCUT2D eigenvalue weighted by Crippen LogP contribution is 2.32. The fourth-order valence-corrected chi connectivity index (χ4v) is 5.00. The van der Waals surface area contributed by atoms with E-state index < -0.39 is 0 Å². The Kier molecular flexibility index (Phi) is 9.60. The molecule has 8 nitrogen and oxygen atoms in total. The second-order valence-electron chi connectivity index (χ2n) is 8.96. The summed E-state index contributed by atoms with van der Waals surface area (Å²) >= 11 is 6.49. The molecular formula is C26H37ClN4O4. The molecular weight excluding hydrogens is 468 g/mol. The Hall–Kier alpha value is -2.55. The van der Waals surface area contributed by atoms with Crippen LogP contribution in [0.5, 0.6) is 5.88 Å². The molecule has 1 saturated heterocycles. The molecule has 9 heteroatoms. The van der Waals surface area contributed by atoms with Gasteiger partial charge in [-0.25, -0.2) is 0 Å². The Morgan fingerprint density at radius 3 is 2.57 bits per heavy atom. The molecule has 1 aliphatic rings. The second kappa shape index (κ2) is 12.4. The summed E-state index contributed by atoms with van der Waals surface area (Å²) in [6.45, 7) is 10.5. The number of amides is 1. The zero-order chi connectivity index (χ0) is 25.5. The molecule has 1 aliphatic heterocycles. The second-order valence-corrected chi connectivity index (χ2v) is 9.40. The van der Waals surface area contributed by atoms with Gasteiger partial charge < -0.3 is 29.6 Å². The largest absolute Gasteiger partial charge is 0.482 e. The van der Waals surface area contributed by atoms with E-state index in [1.54, 1.807) is 20.1 Å². The fraction of sp³-hybridized carbons (Fsp3) is 0.538. The summed E-state index contributed by atoms with van der Waals surface area (Å²) in [7, 11) is 3.22. The molecule has 1 fully saturated rings. The Labute approximate surface area is 212 Å². The first-order chi connectivity index (χ1) is 16.8. The Morgan fingerprint density at radius 2 is 1.94 bits per heavy atom. The number of hydrogen-bond donors (Lipinski definition) is 2. The molecule has 1 aromatic carbocycles. The summed E-state index contributed by atoms with van der Waals surface area (Å²) in [5.74, 6) is 0.0755. The molecule has 0 unspecified atom stereocenters. The average molecular weight is 505 g/mol. The number of hydrogen-bond acceptors (Lipinski definition) is 6. The SMILES string of the molecule is CCN(c1cc(Cl)cc(C(=O)NCc2c(OC)[nH]c(C)cc2=O)c1C)C1CCN(CCOC)CC1. The summed E-state index contributed by atoms with van der Waals surface area (Å²) in [5, 5.41) is 3.38. The molecule has 192 valence electrons. The van der Waals surface area contributed by atoms with Crippen molar-refractivity contribution in [2.24, 2.45) is 0 Å². The maximum absolute atomic E-state index is 13.2. The number of anilines is 1. The average Bonchev–Trinajstić information content (AvgIpc) is 2.84. The van der Waals surface area contributed by atoms with E-state index in [2.05, 4.69) is 27.0 Å². The van der Waals surface area contributed by atoms with Gasteiger partial charge in [0, 0.05) is 67.4 Å². The minimum atomic E-state index is -0.279. The molecule has 0 spiro atoms. The van der Waals surface area contributed by atoms with Gasteiger partial charge in [0.15, 0.2) is 11.3 Å². The molecule has 2 N–H and O–H groups in total. The number of methoxy groups -OCH3 is 2. The summed E-state index contributed by atoms with van der Waals surface area (Å²) in [6, 6.07) is 5.50. The first-order valence-electron chi connectivity index (χ1n) is 12.1. The van der Waals surface area contributed by atoms with Gasteiger partial charge in [-0.1, -0.05) is 11.6 Å². The van der Waals surface area contributed by atoms with Crippen molar-refractivity contribution in [3.8, 4) is 5.88 Å². The predicted octanol–water partition coefficient (Wildman–Crippen LogP) is 3.52. The lowest BCUT2D eigenvalue weighted by molar-refractivity contribution is 0.0950. The minimum Gasteiger partial charge on any atom is -0.482 e. The van der Waals surface area contributed by atoms with Crippen molar-refractivity contribution in [1.82, 2.24) is 15.2 Å². The van der Waals surface area contributed by atoms with Crippen LogP contribution in [-0.4, -0.2) is 68.8 Å². The number of halogens is 1. The molecule has 0 saturated carbocycles. The van der Waals surface area contributed by atoms with Gasteiger partial charge in [-0.15, -0.1) is 0 Å². The van der Waals surface area contributed by atoms with Crippen LogP contribution in [0.1, 0.15) is 46.9 Å². The van der Waals surface area contributed by atoms with Crippen LogP contribution >= 0.6 is 11.6 Å². The first kappa shape index (κ1) is 27.0. The van der Waals surface area contributed by atoms with Crippen LogP contribution in [0.2, 0.25) is 5.02 Å². The highest BCUT2D eigenvalue weighted by atomic mass is 35.5. The van der Waals surface area contributed by atoms with Gasteiger partial charge in [-0.3, -0.25) is 9.59 Å². The number of H-pyrrole nitrogens is 1. The molecule has 2 aromatic rings. The summed E-state index contributed by atoms with van der Waals surface area (Å²) in [6.07, 6.45) is 2.09. The summed E-state index contributed by atoms with van der Waals surface area (Å²) < 4.78 is 10.5. The highest BCUT2D eigenvalue weighted by molar-refractivity contribution is 6.31. The van der Waals surface area contributed by atoms with Crippen molar-refractivity contribution >= 4 is 23.2 Å². The van der Waals surface area contributed by atoms with Crippen molar-refractivity contribution < 1.29 is 14.3 Å². The zero-order valence-electron chi connectivity index (χ0n) is 21.4. The van der Waals surface area contributed by atoms with Crippen LogP contribution in [0, 0.1) is 13.8 Å². The molecule has 0 bridgehead atoms. The molecule has 1 aromatic heterocycles. The number of aromatic nitrogens is 1. The van der Waals surface area contributed by atoms with Crippen LogP contribution < -0.4 is 20.4 Å². The van der Waals surface area contributed by atoms with Crippen molar-refractivity contribution in [3.63, 3.8) is 0 Å². The maximum atomic E-state index is 13.2. The van der Waals surface area contributed by atoms with Crippen LogP contribution in [-0.2, 0) is 11.3 Å². The van der Waals surface area contributed by atoms with Gasteiger partial charge in [-0.2, -0.15) is 0 Å². The number of ether oxygens (including phenoxy) is 2.